The van der Waals surface area contributed by atoms with Crippen LogP contribution in [0.4, 0.5) is 5.82 Å². The minimum absolute atomic E-state index is 0.0357. The molecule has 0 amide bonds. The lowest BCUT2D eigenvalue weighted by Gasteiger charge is -2.22. The largest absolute Gasteiger partial charge is 0.384 e. The van der Waals surface area contributed by atoms with Gasteiger partial charge >= 0.3 is 0 Å². The molecule has 0 radical (unpaired) electrons. The predicted octanol–water partition coefficient (Wildman–Crippen LogP) is 1.62. The SMILES string of the molecule is Nc1ccnc(-c2cnn(C3CCCCO3)c2)n1. The first-order valence-corrected chi connectivity index (χ1v) is 6.07. The fourth-order valence-corrected chi connectivity index (χ4v) is 2.06. The van der Waals surface area contributed by atoms with E-state index in [1.54, 1.807) is 18.5 Å². The first-order valence-electron chi connectivity index (χ1n) is 6.07. The third-order valence-electron chi connectivity index (χ3n) is 2.99. The van der Waals surface area contributed by atoms with Crippen LogP contribution in [0.25, 0.3) is 11.4 Å². The molecule has 2 aromatic rings. The second-order valence-electron chi connectivity index (χ2n) is 4.34. The molecule has 3 rings (SSSR count). The van der Waals surface area contributed by atoms with Crippen molar-refractivity contribution in [1.82, 2.24) is 19.7 Å². The first-order chi connectivity index (χ1) is 8.83. The lowest BCUT2D eigenvalue weighted by Crippen LogP contribution is -2.18. The number of aromatic nitrogens is 4. The lowest BCUT2D eigenvalue weighted by atomic mass is 10.2. The van der Waals surface area contributed by atoms with Crippen LogP contribution in [0.3, 0.4) is 0 Å². The molecular formula is C12H15N5O. The first kappa shape index (κ1) is 11.2. The van der Waals surface area contributed by atoms with Gasteiger partial charge in [-0.2, -0.15) is 5.10 Å². The summed E-state index contributed by atoms with van der Waals surface area (Å²) in [6.07, 6.45) is 8.63. The van der Waals surface area contributed by atoms with E-state index in [4.69, 9.17) is 10.5 Å². The van der Waals surface area contributed by atoms with Gasteiger partial charge in [0.15, 0.2) is 5.82 Å². The third-order valence-corrected chi connectivity index (χ3v) is 2.99. The molecule has 1 atom stereocenters. The maximum Gasteiger partial charge on any atom is 0.164 e. The van der Waals surface area contributed by atoms with Gasteiger partial charge in [0.1, 0.15) is 12.0 Å². The van der Waals surface area contributed by atoms with Crippen LogP contribution in [0.15, 0.2) is 24.7 Å². The zero-order valence-electron chi connectivity index (χ0n) is 9.99. The van der Waals surface area contributed by atoms with Gasteiger partial charge in [0.05, 0.1) is 11.8 Å². The molecule has 1 aliphatic heterocycles. The molecule has 0 bridgehead atoms. The molecule has 1 aliphatic rings. The molecule has 0 aliphatic carbocycles. The maximum atomic E-state index is 5.67. The monoisotopic (exact) mass is 245 g/mol. The number of hydrogen-bond acceptors (Lipinski definition) is 5. The van der Waals surface area contributed by atoms with Crippen molar-refractivity contribution in [1.29, 1.82) is 0 Å². The average Bonchev–Trinajstić information content (AvgIpc) is 2.89. The Hall–Kier alpha value is -1.95. The van der Waals surface area contributed by atoms with Crippen molar-refractivity contribution in [2.24, 2.45) is 0 Å². The Labute approximate surface area is 105 Å². The molecule has 6 heteroatoms. The van der Waals surface area contributed by atoms with E-state index in [0.717, 1.165) is 25.0 Å². The summed E-state index contributed by atoms with van der Waals surface area (Å²) < 4.78 is 7.51. The summed E-state index contributed by atoms with van der Waals surface area (Å²) in [6, 6.07) is 1.66. The molecule has 0 spiro atoms. The van der Waals surface area contributed by atoms with Gasteiger partial charge in [0, 0.05) is 19.0 Å². The van der Waals surface area contributed by atoms with E-state index in [1.807, 2.05) is 10.9 Å². The number of ether oxygens (including phenoxy) is 1. The van der Waals surface area contributed by atoms with Gasteiger partial charge < -0.3 is 10.5 Å². The highest BCUT2D eigenvalue weighted by Gasteiger charge is 2.17. The number of rotatable bonds is 2. The van der Waals surface area contributed by atoms with Gasteiger partial charge in [-0.25, -0.2) is 14.6 Å². The standard InChI is InChI=1S/C12H15N5O/c13-10-4-5-14-12(16-10)9-7-15-17(8-9)11-3-1-2-6-18-11/h4-5,7-8,11H,1-3,6H2,(H2,13,14,16). The van der Waals surface area contributed by atoms with Crippen LogP contribution in [-0.4, -0.2) is 26.4 Å². The summed E-state index contributed by atoms with van der Waals surface area (Å²) in [4.78, 5) is 8.36. The molecule has 0 aromatic carbocycles. The summed E-state index contributed by atoms with van der Waals surface area (Å²) in [5.74, 6) is 1.05. The summed E-state index contributed by atoms with van der Waals surface area (Å²) in [5.41, 5.74) is 6.50. The predicted molar refractivity (Wildman–Crippen MR) is 66.5 cm³/mol. The molecule has 18 heavy (non-hydrogen) atoms. The second kappa shape index (κ2) is 4.73. The number of hydrogen-bond donors (Lipinski definition) is 1. The number of nitrogens with two attached hydrogens (primary N) is 1. The van der Waals surface area contributed by atoms with Crippen LogP contribution in [-0.2, 0) is 4.74 Å². The molecule has 1 fully saturated rings. The number of nitrogen functional groups attached to an aromatic ring is 1. The van der Waals surface area contributed by atoms with E-state index in [1.165, 1.54) is 6.42 Å². The summed E-state index contributed by atoms with van der Waals surface area (Å²) in [5, 5.41) is 4.32. The van der Waals surface area contributed by atoms with Gasteiger partial charge in [-0.1, -0.05) is 0 Å². The normalized spacial score (nSPS) is 19.9. The fraction of sp³-hybridized carbons (Fsp3) is 0.417. The van der Waals surface area contributed by atoms with Crippen molar-refractivity contribution in [3.05, 3.63) is 24.7 Å². The Morgan fingerprint density at radius 3 is 3.11 bits per heavy atom. The molecule has 2 N–H and O–H groups in total. The summed E-state index contributed by atoms with van der Waals surface area (Å²) in [7, 11) is 0. The summed E-state index contributed by atoms with van der Waals surface area (Å²) >= 11 is 0. The highest BCUT2D eigenvalue weighted by molar-refractivity contribution is 5.53. The zero-order chi connectivity index (χ0) is 12.4. The van der Waals surface area contributed by atoms with E-state index in [-0.39, 0.29) is 6.23 Å². The van der Waals surface area contributed by atoms with E-state index in [0.29, 0.717) is 11.6 Å². The van der Waals surface area contributed by atoms with E-state index in [9.17, 15) is 0 Å². The maximum absolute atomic E-state index is 5.67. The van der Waals surface area contributed by atoms with Crippen molar-refractivity contribution in [2.45, 2.75) is 25.5 Å². The van der Waals surface area contributed by atoms with Crippen LogP contribution < -0.4 is 5.73 Å². The molecule has 1 unspecified atom stereocenters. The van der Waals surface area contributed by atoms with Gasteiger partial charge in [0.2, 0.25) is 0 Å². The van der Waals surface area contributed by atoms with Crippen molar-refractivity contribution in [3.8, 4) is 11.4 Å². The molecule has 6 nitrogen and oxygen atoms in total. The van der Waals surface area contributed by atoms with Crippen molar-refractivity contribution in [2.75, 3.05) is 12.3 Å². The highest BCUT2D eigenvalue weighted by atomic mass is 16.5. The van der Waals surface area contributed by atoms with E-state index < -0.39 is 0 Å². The Kier molecular flexibility index (Phi) is 2.93. The Bertz CT molecular complexity index is 533. The quantitative estimate of drug-likeness (QED) is 0.869. The van der Waals surface area contributed by atoms with Gasteiger partial charge in [-0.05, 0) is 25.3 Å². The van der Waals surface area contributed by atoms with Crippen LogP contribution in [0.2, 0.25) is 0 Å². The molecule has 94 valence electrons. The molecular weight excluding hydrogens is 230 g/mol. The topological polar surface area (TPSA) is 78.8 Å². The molecule has 1 saturated heterocycles. The van der Waals surface area contributed by atoms with Crippen LogP contribution in [0.5, 0.6) is 0 Å². The van der Waals surface area contributed by atoms with Crippen LogP contribution >= 0.6 is 0 Å². The van der Waals surface area contributed by atoms with Gasteiger partial charge in [0.25, 0.3) is 0 Å². The minimum Gasteiger partial charge on any atom is -0.384 e. The van der Waals surface area contributed by atoms with Crippen molar-refractivity contribution >= 4 is 5.82 Å². The van der Waals surface area contributed by atoms with E-state index >= 15 is 0 Å². The minimum atomic E-state index is 0.0357. The van der Waals surface area contributed by atoms with Crippen molar-refractivity contribution < 1.29 is 4.74 Å². The molecule has 3 heterocycles. The lowest BCUT2D eigenvalue weighted by molar-refractivity contribution is -0.0394. The van der Waals surface area contributed by atoms with Crippen molar-refractivity contribution in [3.63, 3.8) is 0 Å². The van der Waals surface area contributed by atoms with Crippen LogP contribution in [0.1, 0.15) is 25.5 Å². The molecule has 2 aromatic heterocycles. The summed E-state index contributed by atoms with van der Waals surface area (Å²) in [6.45, 7) is 0.800. The highest BCUT2D eigenvalue weighted by Crippen LogP contribution is 2.23. The number of nitrogens with zero attached hydrogens (tertiary/aromatic N) is 4. The van der Waals surface area contributed by atoms with E-state index in [2.05, 4.69) is 15.1 Å². The second-order valence-corrected chi connectivity index (χ2v) is 4.34. The smallest absolute Gasteiger partial charge is 0.164 e. The van der Waals surface area contributed by atoms with Gasteiger partial charge in [-0.15, -0.1) is 0 Å². The fourth-order valence-electron chi connectivity index (χ4n) is 2.06. The average molecular weight is 245 g/mol. The van der Waals surface area contributed by atoms with Crippen LogP contribution in [0, 0.1) is 0 Å². The Morgan fingerprint density at radius 1 is 1.39 bits per heavy atom. The Morgan fingerprint density at radius 2 is 2.33 bits per heavy atom. The zero-order valence-corrected chi connectivity index (χ0v) is 9.99. The Balaban J connectivity index is 1.84. The molecule has 0 saturated carbocycles. The van der Waals surface area contributed by atoms with Gasteiger partial charge in [-0.3, -0.25) is 0 Å². The third kappa shape index (κ3) is 2.19. The number of anilines is 1.